The van der Waals surface area contributed by atoms with Gasteiger partial charge >= 0.3 is 0 Å². The van der Waals surface area contributed by atoms with Crippen LogP contribution in [-0.2, 0) is 11.2 Å². The van der Waals surface area contributed by atoms with Gasteiger partial charge in [0.2, 0.25) is 5.91 Å². The molecule has 29 heavy (non-hydrogen) atoms. The van der Waals surface area contributed by atoms with E-state index in [1.165, 1.54) is 29.0 Å². The number of thiophene rings is 1. The fourth-order valence-corrected chi connectivity index (χ4v) is 3.83. The summed E-state index contributed by atoms with van der Waals surface area (Å²) in [4.78, 5) is 23.8. The van der Waals surface area contributed by atoms with Crippen molar-refractivity contribution in [2.24, 2.45) is 5.73 Å². The van der Waals surface area contributed by atoms with Gasteiger partial charge in [0.15, 0.2) is 0 Å². The second-order valence-electron chi connectivity index (χ2n) is 6.54. The van der Waals surface area contributed by atoms with Gasteiger partial charge in [-0.15, -0.1) is 11.3 Å². The molecule has 0 aliphatic rings. The first kappa shape index (κ1) is 20.7. The first-order chi connectivity index (χ1) is 14.0. The minimum atomic E-state index is -0.594. The van der Waals surface area contributed by atoms with Crippen molar-refractivity contribution in [3.05, 3.63) is 88.0 Å². The lowest BCUT2D eigenvalue weighted by atomic mass is 9.97. The number of benzene rings is 2. The summed E-state index contributed by atoms with van der Waals surface area (Å²) in [5, 5.41) is 7.99. The first-order valence-electron chi connectivity index (χ1n) is 9.22. The number of hydrogen-bond donors (Lipinski definition) is 3. The number of carbonyl (C=O) groups excluding carboxylic acids is 2. The highest BCUT2D eigenvalue weighted by atomic mass is 32.1. The maximum atomic E-state index is 13.8. The first-order valence-corrected chi connectivity index (χ1v) is 10.1. The highest BCUT2D eigenvalue weighted by Crippen LogP contribution is 2.24. The van der Waals surface area contributed by atoms with Crippen LogP contribution in [0, 0.1) is 5.82 Å². The summed E-state index contributed by atoms with van der Waals surface area (Å²) in [5.41, 5.74) is 8.43. The Labute approximate surface area is 172 Å². The zero-order chi connectivity index (χ0) is 20.8. The molecule has 1 heterocycles. The van der Waals surface area contributed by atoms with Crippen LogP contribution >= 0.6 is 11.3 Å². The van der Waals surface area contributed by atoms with Gasteiger partial charge in [0, 0.05) is 0 Å². The van der Waals surface area contributed by atoms with Gasteiger partial charge < -0.3 is 11.1 Å². The van der Waals surface area contributed by atoms with Crippen molar-refractivity contribution in [2.45, 2.75) is 19.4 Å². The average Bonchev–Trinajstić information content (AvgIpc) is 3.17. The summed E-state index contributed by atoms with van der Waals surface area (Å²) in [6.45, 7) is 2.05. The Balaban J connectivity index is 1.76. The van der Waals surface area contributed by atoms with Crippen LogP contribution in [0.25, 0.3) is 0 Å². The van der Waals surface area contributed by atoms with Crippen LogP contribution in [0.5, 0.6) is 0 Å². The number of hydrogen-bond acceptors (Lipinski definition) is 4. The number of nitrogens with two attached hydrogens (primary N) is 1. The summed E-state index contributed by atoms with van der Waals surface area (Å²) in [6, 6.07) is 15.5. The molecule has 0 saturated heterocycles. The van der Waals surface area contributed by atoms with Crippen LogP contribution in [-0.4, -0.2) is 18.4 Å². The number of halogens is 1. The van der Waals surface area contributed by atoms with E-state index in [2.05, 4.69) is 17.6 Å². The molecule has 0 unspecified atom stereocenters. The molecular weight excluding hydrogens is 389 g/mol. The highest BCUT2D eigenvalue weighted by Gasteiger charge is 2.17. The molecule has 3 aromatic rings. The average molecular weight is 412 g/mol. The number of aryl methyl sites for hydroxylation is 1. The van der Waals surface area contributed by atoms with Gasteiger partial charge in [-0.1, -0.05) is 43.3 Å². The zero-order valence-corrected chi connectivity index (χ0v) is 16.8. The Kier molecular flexibility index (Phi) is 6.74. The maximum Gasteiger partial charge on any atom is 0.251 e. The van der Waals surface area contributed by atoms with Gasteiger partial charge in [0.05, 0.1) is 18.2 Å². The summed E-state index contributed by atoms with van der Waals surface area (Å²) in [5.74, 6) is -1.25. The minimum Gasteiger partial charge on any atom is -0.366 e. The molecule has 0 bridgehead atoms. The van der Waals surface area contributed by atoms with Crippen LogP contribution < -0.4 is 16.4 Å². The maximum absolute atomic E-state index is 13.8. The summed E-state index contributed by atoms with van der Waals surface area (Å²) >= 11 is 1.23. The SMILES string of the molecule is CCc1ccc([C@H](NCC(=O)Nc2sccc2C(N)=O)c2cccc(F)c2)cc1. The highest BCUT2D eigenvalue weighted by molar-refractivity contribution is 7.14. The quantitative estimate of drug-likeness (QED) is 0.526. The molecule has 150 valence electrons. The molecule has 0 radical (unpaired) electrons. The molecule has 0 saturated carbocycles. The molecule has 3 rings (SSSR count). The van der Waals surface area contributed by atoms with E-state index < -0.39 is 5.91 Å². The van der Waals surface area contributed by atoms with Gasteiger partial charge in [0.25, 0.3) is 5.91 Å². The van der Waals surface area contributed by atoms with Gasteiger partial charge in [0.1, 0.15) is 10.8 Å². The zero-order valence-electron chi connectivity index (χ0n) is 15.9. The fraction of sp³-hybridized carbons (Fsp3) is 0.182. The Bertz CT molecular complexity index is 1000. The molecule has 2 aromatic carbocycles. The van der Waals surface area contributed by atoms with E-state index in [4.69, 9.17) is 5.73 Å². The Morgan fingerprint density at radius 3 is 2.52 bits per heavy atom. The molecule has 1 atom stereocenters. The lowest BCUT2D eigenvalue weighted by Crippen LogP contribution is -2.32. The van der Waals surface area contributed by atoms with E-state index in [1.54, 1.807) is 17.5 Å². The van der Waals surface area contributed by atoms with E-state index in [-0.39, 0.29) is 29.9 Å². The van der Waals surface area contributed by atoms with Crippen molar-refractivity contribution >= 4 is 28.2 Å². The number of nitrogens with one attached hydrogen (secondary N) is 2. The summed E-state index contributed by atoms with van der Waals surface area (Å²) < 4.78 is 13.8. The molecule has 0 spiro atoms. The topological polar surface area (TPSA) is 84.2 Å². The molecule has 0 aliphatic carbocycles. The minimum absolute atomic E-state index is 0.0210. The third-order valence-corrected chi connectivity index (χ3v) is 5.38. The molecule has 4 N–H and O–H groups in total. The van der Waals surface area contributed by atoms with Gasteiger partial charge in [-0.25, -0.2) is 4.39 Å². The summed E-state index contributed by atoms with van der Waals surface area (Å²) in [7, 11) is 0. The molecule has 7 heteroatoms. The summed E-state index contributed by atoms with van der Waals surface area (Å²) in [6.07, 6.45) is 0.920. The van der Waals surface area contributed by atoms with E-state index >= 15 is 0 Å². The molecule has 2 amide bonds. The third-order valence-electron chi connectivity index (χ3n) is 4.55. The van der Waals surface area contributed by atoms with E-state index in [0.29, 0.717) is 5.00 Å². The van der Waals surface area contributed by atoms with Gasteiger partial charge in [-0.05, 0) is 46.7 Å². The standard InChI is InChI=1S/C22H22FN3O2S/c1-2-14-6-8-15(9-7-14)20(16-4-3-5-17(23)12-16)25-13-19(27)26-22-18(21(24)28)10-11-29-22/h3-12,20,25H,2,13H2,1H3,(H2,24,28)(H,26,27)/t20-/m0/s1. The third kappa shape index (κ3) is 5.28. The molecule has 5 nitrogen and oxygen atoms in total. The Morgan fingerprint density at radius 2 is 1.86 bits per heavy atom. The smallest absolute Gasteiger partial charge is 0.251 e. The molecule has 1 aromatic heterocycles. The van der Waals surface area contributed by atoms with Crippen LogP contribution in [0.4, 0.5) is 9.39 Å². The van der Waals surface area contributed by atoms with Crippen molar-refractivity contribution in [1.29, 1.82) is 0 Å². The number of anilines is 1. The van der Waals surface area contributed by atoms with E-state index in [0.717, 1.165) is 17.5 Å². The fourth-order valence-electron chi connectivity index (χ4n) is 3.03. The van der Waals surface area contributed by atoms with E-state index in [1.807, 2.05) is 30.3 Å². The van der Waals surface area contributed by atoms with Crippen molar-refractivity contribution < 1.29 is 14.0 Å². The Hall–Kier alpha value is -3.03. The lowest BCUT2D eigenvalue weighted by Gasteiger charge is -2.20. The molecule has 0 fully saturated rings. The number of carbonyl (C=O) groups is 2. The number of amides is 2. The largest absolute Gasteiger partial charge is 0.366 e. The number of rotatable bonds is 8. The van der Waals surface area contributed by atoms with Crippen LogP contribution in [0.2, 0.25) is 0 Å². The van der Waals surface area contributed by atoms with Gasteiger partial charge in [-0.2, -0.15) is 0 Å². The van der Waals surface area contributed by atoms with Crippen molar-refractivity contribution in [1.82, 2.24) is 5.32 Å². The van der Waals surface area contributed by atoms with E-state index in [9.17, 15) is 14.0 Å². The predicted octanol–water partition coefficient (Wildman–Crippen LogP) is 3.87. The normalized spacial score (nSPS) is 11.8. The lowest BCUT2D eigenvalue weighted by molar-refractivity contribution is -0.115. The van der Waals surface area contributed by atoms with Crippen LogP contribution in [0.3, 0.4) is 0 Å². The second kappa shape index (κ2) is 9.45. The Morgan fingerprint density at radius 1 is 1.10 bits per heavy atom. The second-order valence-corrected chi connectivity index (χ2v) is 7.46. The predicted molar refractivity (Wildman–Crippen MR) is 114 cm³/mol. The van der Waals surface area contributed by atoms with Crippen molar-refractivity contribution in [3.8, 4) is 0 Å². The van der Waals surface area contributed by atoms with Crippen LogP contribution in [0.15, 0.2) is 60.0 Å². The number of primary amides is 1. The monoisotopic (exact) mass is 411 g/mol. The van der Waals surface area contributed by atoms with Gasteiger partial charge in [-0.3, -0.25) is 14.9 Å². The van der Waals surface area contributed by atoms with Crippen molar-refractivity contribution in [3.63, 3.8) is 0 Å². The van der Waals surface area contributed by atoms with Crippen LogP contribution in [0.1, 0.15) is 40.0 Å². The van der Waals surface area contributed by atoms with Crippen molar-refractivity contribution in [2.75, 3.05) is 11.9 Å². The molecular formula is C22H22FN3O2S. The molecule has 0 aliphatic heterocycles.